The average Bonchev–Trinajstić information content (AvgIpc) is 3.07. The number of quaternary nitrogens is 1. The van der Waals surface area contributed by atoms with Crippen LogP contribution in [0.4, 0.5) is 32.0 Å². The zero-order chi connectivity index (χ0) is 34.1. The van der Waals surface area contributed by atoms with Crippen molar-refractivity contribution in [2.24, 2.45) is 0 Å². The van der Waals surface area contributed by atoms with Crippen molar-refractivity contribution in [2.45, 2.75) is 63.1 Å². The van der Waals surface area contributed by atoms with Crippen LogP contribution in [0.3, 0.4) is 0 Å². The van der Waals surface area contributed by atoms with Crippen LogP contribution in [0.2, 0.25) is 0 Å². The zero-order valence-corrected chi connectivity index (χ0v) is 26.3. The van der Waals surface area contributed by atoms with Crippen molar-refractivity contribution in [2.75, 3.05) is 31.9 Å². The van der Waals surface area contributed by atoms with Gasteiger partial charge in [0.05, 0.1) is 41.5 Å². The first-order valence-corrected chi connectivity index (χ1v) is 16.2. The Kier molecular flexibility index (Phi) is 9.41. The van der Waals surface area contributed by atoms with E-state index in [1.165, 1.54) is 42.5 Å². The SMILES string of the molecule is Nc1ccc2nc(-c3cccc(C(F)(F)F)c3)c(C[N+]3(C4CCNCC4)CCCCC3)c(C(=O)N[C@H](c3ccccc3)C(F)(F)F)c2c1. The van der Waals surface area contributed by atoms with Gasteiger partial charge in [-0.15, -0.1) is 0 Å². The minimum absolute atomic E-state index is 0.0538. The molecule has 0 unspecified atom stereocenters. The van der Waals surface area contributed by atoms with Gasteiger partial charge in [0.1, 0.15) is 6.54 Å². The van der Waals surface area contributed by atoms with Crippen LogP contribution >= 0.6 is 0 Å². The average molecular weight is 671 g/mol. The second-order valence-electron chi connectivity index (χ2n) is 12.9. The maximum absolute atomic E-state index is 14.6. The van der Waals surface area contributed by atoms with Crippen molar-refractivity contribution < 1.29 is 35.6 Å². The minimum Gasteiger partial charge on any atom is -0.399 e. The standard InChI is InChI=1S/C36H37F6N5O/c37-35(38,39)25-11-7-10-24(20-25)32-29(22-47(18-5-2-6-19-47)27-14-16-44-17-15-27)31(28-21-26(43)12-13-30(28)45-32)34(48)46-33(36(40,41)42)23-8-3-1-4-9-23/h1,3-4,7-13,20-21,27,33,44H,2,5-6,14-19,22H2,(H2-,43,46,48)/p+1/t33-/m1/s1. The fourth-order valence-electron chi connectivity index (χ4n) is 7.48. The fourth-order valence-corrected chi connectivity index (χ4v) is 7.48. The van der Waals surface area contributed by atoms with E-state index in [1.807, 2.05) is 0 Å². The molecule has 6 rings (SSSR count). The Hall–Kier alpha value is -4.16. The van der Waals surface area contributed by atoms with Gasteiger partial charge < -0.3 is 20.9 Å². The highest BCUT2D eigenvalue weighted by Crippen LogP contribution is 2.40. The number of rotatable bonds is 7. The number of aromatic nitrogens is 1. The Bertz CT molecular complexity index is 1760. The van der Waals surface area contributed by atoms with Gasteiger partial charge in [-0.2, -0.15) is 26.3 Å². The van der Waals surface area contributed by atoms with Crippen LogP contribution < -0.4 is 16.4 Å². The molecule has 2 aliphatic rings. The third-order valence-corrected chi connectivity index (χ3v) is 9.80. The summed E-state index contributed by atoms with van der Waals surface area (Å²) in [5, 5.41) is 5.89. The number of carbonyl (C=O) groups excluding carboxylic acids is 1. The van der Waals surface area contributed by atoms with Gasteiger partial charge in [-0.1, -0.05) is 42.5 Å². The summed E-state index contributed by atoms with van der Waals surface area (Å²) in [5.41, 5.74) is 6.18. The Balaban J connectivity index is 1.61. The van der Waals surface area contributed by atoms with E-state index in [0.717, 1.165) is 70.4 Å². The number of halogens is 6. The Morgan fingerprint density at radius 3 is 2.29 bits per heavy atom. The monoisotopic (exact) mass is 670 g/mol. The number of nitrogens with zero attached hydrogens (tertiary/aromatic N) is 2. The molecule has 3 heterocycles. The van der Waals surface area contributed by atoms with Crippen molar-refractivity contribution in [3.05, 3.63) is 95.1 Å². The first kappa shape index (κ1) is 33.7. The number of amides is 1. The number of nitrogen functional groups attached to an aromatic ring is 1. The highest BCUT2D eigenvalue weighted by molar-refractivity contribution is 6.09. The molecule has 0 aliphatic carbocycles. The summed E-state index contributed by atoms with van der Waals surface area (Å²) in [6.07, 6.45) is -4.90. The summed E-state index contributed by atoms with van der Waals surface area (Å²) < 4.78 is 86.2. The van der Waals surface area contributed by atoms with E-state index in [2.05, 4.69) is 10.6 Å². The molecule has 254 valence electrons. The summed E-state index contributed by atoms with van der Waals surface area (Å²) in [7, 11) is 0. The van der Waals surface area contributed by atoms with E-state index in [9.17, 15) is 31.1 Å². The smallest absolute Gasteiger partial charge is 0.399 e. The molecule has 2 fully saturated rings. The van der Waals surface area contributed by atoms with Gasteiger partial charge in [-0.3, -0.25) is 4.79 Å². The summed E-state index contributed by atoms with van der Waals surface area (Å²) in [5.74, 6) is -0.997. The van der Waals surface area contributed by atoms with Gasteiger partial charge in [0.2, 0.25) is 0 Å². The molecule has 4 aromatic rings. The maximum Gasteiger partial charge on any atom is 0.416 e. The van der Waals surface area contributed by atoms with Gasteiger partial charge in [0, 0.05) is 48.1 Å². The van der Waals surface area contributed by atoms with E-state index in [1.54, 1.807) is 18.2 Å². The zero-order valence-electron chi connectivity index (χ0n) is 26.3. The van der Waals surface area contributed by atoms with Crippen LogP contribution in [0, 0.1) is 0 Å². The molecule has 0 saturated carbocycles. The predicted octanol–water partition coefficient (Wildman–Crippen LogP) is 7.79. The number of nitrogens with one attached hydrogen (secondary N) is 2. The number of hydrogen-bond acceptors (Lipinski definition) is 4. The van der Waals surface area contributed by atoms with Crippen LogP contribution in [0.1, 0.15) is 65.2 Å². The molecule has 6 nitrogen and oxygen atoms in total. The minimum atomic E-state index is -4.83. The van der Waals surface area contributed by atoms with Crippen molar-refractivity contribution in [3.8, 4) is 11.3 Å². The summed E-state index contributed by atoms with van der Waals surface area (Å²) in [6.45, 7) is 3.37. The molecule has 12 heteroatoms. The van der Waals surface area contributed by atoms with Crippen LogP contribution in [0.15, 0.2) is 72.8 Å². The number of pyridine rings is 1. The number of alkyl halides is 6. The molecule has 4 N–H and O–H groups in total. The molecule has 48 heavy (non-hydrogen) atoms. The van der Waals surface area contributed by atoms with E-state index < -0.39 is 29.9 Å². The van der Waals surface area contributed by atoms with Crippen molar-refractivity contribution >= 4 is 22.5 Å². The number of benzene rings is 3. The number of piperidine rings is 2. The van der Waals surface area contributed by atoms with Gasteiger partial charge >= 0.3 is 12.4 Å². The number of hydrogen-bond donors (Lipinski definition) is 3. The topological polar surface area (TPSA) is 80.0 Å². The van der Waals surface area contributed by atoms with E-state index >= 15 is 0 Å². The van der Waals surface area contributed by atoms with Gasteiger partial charge in [-0.25, -0.2) is 4.98 Å². The molecule has 3 aromatic carbocycles. The Morgan fingerprint density at radius 2 is 1.62 bits per heavy atom. The molecule has 0 bridgehead atoms. The third-order valence-electron chi connectivity index (χ3n) is 9.80. The van der Waals surface area contributed by atoms with E-state index in [-0.39, 0.29) is 51.6 Å². The summed E-state index contributed by atoms with van der Waals surface area (Å²) >= 11 is 0. The van der Waals surface area contributed by atoms with Crippen molar-refractivity contribution in [3.63, 3.8) is 0 Å². The van der Waals surface area contributed by atoms with Gasteiger partial charge in [0.25, 0.3) is 5.91 Å². The van der Waals surface area contributed by atoms with E-state index in [4.69, 9.17) is 10.7 Å². The summed E-state index contributed by atoms with van der Waals surface area (Å²) in [4.78, 5) is 19.3. The highest BCUT2D eigenvalue weighted by atomic mass is 19.4. The first-order valence-electron chi connectivity index (χ1n) is 16.2. The second kappa shape index (κ2) is 13.4. The van der Waals surface area contributed by atoms with Crippen LogP contribution in [-0.4, -0.2) is 53.8 Å². The largest absolute Gasteiger partial charge is 0.416 e. The van der Waals surface area contributed by atoms with Crippen LogP contribution in [0.25, 0.3) is 22.2 Å². The molecule has 1 atom stereocenters. The number of anilines is 1. The number of likely N-dealkylation sites (tertiary alicyclic amines) is 1. The van der Waals surface area contributed by atoms with Gasteiger partial charge in [0.15, 0.2) is 6.04 Å². The predicted molar refractivity (Wildman–Crippen MR) is 173 cm³/mol. The third kappa shape index (κ3) is 7.00. The van der Waals surface area contributed by atoms with Crippen LogP contribution in [-0.2, 0) is 12.7 Å². The summed E-state index contributed by atoms with van der Waals surface area (Å²) in [6, 6.07) is 14.3. The molecule has 0 spiro atoms. The lowest BCUT2D eigenvalue weighted by molar-refractivity contribution is -0.968. The first-order chi connectivity index (χ1) is 22.9. The maximum atomic E-state index is 14.6. The lowest BCUT2D eigenvalue weighted by atomic mass is 9.90. The van der Waals surface area contributed by atoms with Gasteiger partial charge in [-0.05, 0) is 55.2 Å². The number of fused-ring (bicyclic) bond motifs is 1. The quantitative estimate of drug-likeness (QED) is 0.107. The van der Waals surface area contributed by atoms with Crippen LogP contribution in [0.5, 0.6) is 0 Å². The molecular weight excluding hydrogens is 632 g/mol. The van der Waals surface area contributed by atoms with E-state index in [0.29, 0.717) is 10.0 Å². The molecular formula is C36H38F6N5O+. The Labute approximate surface area is 274 Å². The lowest BCUT2D eigenvalue weighted by Crippen LogP contribution is -2.60. The molecule has 2 saturated heterocycles. The normalized spacial score (nSPS) is 18.0. The number of nitrogens with two attached hydrogens (primary N) is 1. The Morgan fingerprint density at radius 1 is 0.917 bits per heavy atom. The number of carbonyl (C=O) groups is 1. The fraction of sp³-hybridized carbons (Fsp3) is 0.389. The molecule has 2 aliphatic heterocycles. The van der Waals surface area contributed by atoms with Crippen molar-refractivity contribution in [1.82, 2.24) is 15.6 Å². The second-order valence-corrected chi connectivity index (χ2v) is 12.9. The molecule has 1 aromatic heterocycles. The highest BCUT2D eigenvalue weighted by Gasteiger charge is 2.44. The van der Waals surface area contributed by atoms with Crippen molar-refractivity contribution in [1.29, 1.82) is 0 Å². The lowest BCUT2D eigenvalue weighted by Gasteiger charge is -2.49. The molecule has 0 radical (unpaired) electrons. The molecule has 1 amide bonds.